The fourth-order valence-corrected chi connectivity index (χ4v) is 3.11. The molecule has 106 valence electrons. The Bertz CT molecular complexity index is 981. The standard InChI is InChI=1S/C14H7BrCl2N2OS/c15-7-4-5-8-10(6-7)18-14(21)19(13(8)20)11-3-1-2-9(16)12(11)17/h1-6H,(H,18,21). The number of aromatic amines is 1. The molecule has 7 heteroatoms. The number of fused-ring (bicyclic) bond motifs is 1. The molecular weight excluding hydrogens is 395 g/mol. The number of hydrogen-bond donors (Lipinski definition) is 1. The van der Waals surface area contributed by atoms with Gasteiger partial charge in [0, 0.05) is 4.47 Å². The topological polar surface area (TPSA) is 37.8 Å². The molecule has 0 aliphatic rings. The normalized spacial score (nSPS) is 11.0. The third-order valence-electron chi connectivity index (χ3n) is 3.03. The van der Waals surface area contributed by atoms with Gasteiger partial charge in [0.25, 0.3) is 5.56 Å². The van der Waals surface area contributed by atoms with Crippen LogP contribution in [-0.4, -0.2) is 9.55 Å². The van der Waals surface area contributed by atoms with Gasteiger partial charge in [0.15, 0.2) is 4.77 Å². The van der Waals surface area contributed by atoms with Crippen LogP contribution in [0.3, 0.4) is 0 Å². The first-order valence-corrected chi connectivity index (χ1v) is 7.84. The Hall–Kier alpha value is -1.14. The molecule has 3 nitrogen and oxygen atoms in total. The van der Waals surface area contributed by atoms with Crippen molar-refractivity contribution in [3.8, 4) is 5.69 Å². The quantitative estimate of drug-likeness (QED) is 0.574. The molecule has 0 spiro atoms. The van der Waals surface area contributed by atoms with Gasteiger partial charge in [-0.3, -0.25) is 9.36 Å². The molecule has 0 aliphatic carbocycles. The van der Waals surface area contributed by atoms with Crippen LogP contribution in [0.5, 0.6) is 0 Å². The highest BCUT2D eigenvalue weighted by atomic mass is 79.9. The summed E-state index contributed by atoms with van der Waals surface area (Å²) in [4.78, 5) is 15.7. The maximum Gasteiger partial charge on any atom is 0.266 e. The molecule has 0 atom stereocenters. The SMILES string of the molecule is O=c1c2ccc(Br)cc2[nH]c(=S)n1-c1cccc(Cl)c1Cl. The van der Waals surface area contributed by atoms with Crippen LogP contribution in [0.4, 0.5) is 0 Å². The lowest BCUT2D eigenvalue weighted by atomic mass is 10.2. The average Bonchev–Trinajstić information content (AvgIpc) is 2.43. The van der Waals surface area contributed by atoms with Crippen LogP contribution in [0.1, 0.15) is 0 Å². The predicted molar refractivity (Wildman–Crippen MR) is 92.4 cm³/mol. The Kier molecular flexibility index (Phi) is 3.92. The number of H-pyrrole nitrogens is 1. The van der Waals surface area contributed by atoms with E-state index in [1.807, 2.05) is 0 Å². The Balaban J connectivity index is 2.44. The number of benzene rings is 2. The minimum atomic E-state index is -0.245. The lowest BCUT2D eigenvalue weighted by Gasteiger charge is -2.10. The van der Waals surface area contributed by atoms with Gasteiger partial charge in [-0.05, 0) is 42.5 Å². The number of hydrogen-bond acceptors (Lipinski definition) is 2. The van der Waals surface area contributed by atoms with Crippen LogP contribution >= 0.6 is 51.3 Å². The minimum Gasteiger partial charge on any atom is -0.331 e. The van der Waals surface area contributed by atoms with E-state index >= 15 is 0 Å². The lowest BCUT2D eigenvalue weighted by molar-refractivity contribution is 0.940. The second kappa shape index (κ2) is 5.57. The van der Waals surface area contributed by atoms with E-state index in [9.17, 15) is 4.79 Å². The predicted octanol–water partition coefficient (Wildman–Crippen LogP) is 5.12. The Morgan fingerprint density at radius 2 is 1.95 bits per heavy atom. The molecule has 21 heavy (non-hydrogen) atoms. The molecule has 3 aromatic rings. The zero-order chi connectivity index (χ0) is 15.1. The van der Waals surface area contributed by atoms with Gasteiger partial charge in [-0.1, -0.05) is 45.2 Å². The molecule has 0 saturated heterocycles. The molecule has 0 fully saturated rings. The molecule has 1 heterocycles. The van der Waals surface area contributed by atoms with Crippen LogP contribution in [0.25, 0.3) is 16.6 Å². The summed E-state index contributed by atoms with van der Waals surface area (Å²) in [5.41, 5.74) is 0.874. The van der Waals surface area contributed by atoms with Gasteiger partial charge in [0.05, 0.1) is 26.6 Å². The summed E-state index contributed by atoms with van der Waals surface area (Å²) in [6, 6.07) is 10.4. The second-order valence-electron chi connectivity index (χ2n) is 4.33. The van der Waals surface area contributed by atoms with E-state index < -0.39 is 0 Å². The summed E-state index contributed by atoms with van der Waals surface area (Å²) in [6.07, 6.45) is 0. The van der Waals surface area contributed by atoms with Crippen LogP contribution in [0.2, 0.25) is 10.0 Å². The second-order valence-corrected chi connectivity index (χ2v) is 6.42. The van der Waals surface area contributed by atoms with Crippen LogP contribution < -0.4 is 5.56 Å². The van der Waals surface area contributed by atoms with E-state index in [1.54, 1.807) is 36.4 Å². The largest absolute Gasteiger partial charge is 0.331 e. The van der Waals surface area contributed by atoms with Gasteiger partial charge >= 0.3 is 0 Å². The van der Waals surface area contributed by atoms with Crippen molar-refractivity contribution in [1.29, 1.82) is 0 Å². The molecule has 1 aromatic heterocycles. The van der Waals surface area contributed by atoms with E-state index in [0.717, 1.165) is 4.47 Å². The molecular formula is C14H7BrCl2N2OS. The number of nitrogens with zero attached hydrogens (tertiary/aromatic N) is 1. The van der Waals surface area contributed by atoms with Crippen molar-refractivity contribution in [3.05, 3.63) is 66.0 Å². The molecule has 0 aliphatic heterocycles. The Morgan fingerprint density at radius 1 is 1.19 bits per heavy atom. The number of halogens is 3. The fraction of sp³-hybridized carbons (Fsp3) is 0. The van der Waals surface area contributed by atoms with Crippen LogP contribution in [0.15, 0.2) is 45.7 Å². The first kappa shape index (κ1) is 14.8. The van der Waals surface area contributed by atoms with Gasteiger partial charge in [-0.15, -0.1) is 0 Å². The average molecular weight is 402 g/mol. The summed E-state index contributed by atoms with van der Waals surface area (Å²) in [6.45, 7) is 0. The maximum atomic E-state index is 12.7. The van der Waals surface area contributed by atoms with Crippen molar-refractivity contribution >= 4 is 62.3 Å². The monoisotopic (exact) mass is 400 g/mol. The molecule has 0 radical (unpaired) electrons. The molecule has 0 unspecified atom stereocenters. The van der Waals surface area contributed by atoms with Crippen molar-refractivity contribution in [2.45, 2.75) is 0 Å². The molecule has 3 rings (SSSR count). The number of nitrogens with one attached hydrogen (secondary N) is 1. The van der Waals surface area contributed by atoms with Crippen molar-refractivity contribution in [1.82, 2.24) is 9.55 Å². The highest BCUT2D eigenvalue weighted by Gasteiger charge is 2.12. The molecule has 2 aromatic carbocycles. The van der Waals surface area contributed by atoms with Crippen molar-refractivity contribution < 1.29 is 0 Å². The Labute approximate surface area is 143 Å². The summed E-state index contributed by atoms with van der Waals surface area (Å²) >= 11 is 20.8. The third-order valence-corrected chi connectivity index (χ3v) is 4.62. The molecule has 1 N–H and O–H groups in total. The van der Waals surface area contributed by atoms with Crippen LogP contribution in [-0.2, 0) is 0 Å². The fourth-order valence-electron chi connectivity index (χ4n) is 2.07. The molecule has 0 bridgehead atoms. The van der Waals surface area contributed by atoms with E-state index in [0.29, 0.717) is 21.6 Å². The number of rotatable bonds is 1. The first-order valence-electron chi connectivity index (χ1n) is 5.88. The summed E-state index contributed by atoms with van der Waals surface area (Å²) in [5.74, 6) is 0. The van der Waals surface area contributed by atoms with Gasteiger partial charge in [0.1, 0.15) is 0 Å². The third kappa shape index (κ3) is 2.55. The maximum absolute atomic E-state index is 12.7. The van der Waals surface area contributed by atoms with Crippen molar-refractivity contribution in [2.24, 2.45) is 0 Å². The summed E-state index contributed by atoms with van der Waals surface area (Å²) in [5, 5.41) is 1.17. The van der Waals surface area contributed by atoms with Crippen LogP contribution in [0, 0.1) is 4.77 Å². The molecule has 0 amide bonds. The lowest BCUT2D eigenvalue weighted by Crippen LogP contribution is -2.20. The highest BCUT2D eigenvalue weighted by Crippen LogP contribution is 2.28. The van der Waals surface area contributed by atoms with Gasteiger partial charge in [-0.2, -0.15) is 0 Å². The number of aromatic nitrogens is 2. The zero-order valence-corrected chi connectivity index (χ0v) is 14.3. The minimum absolute atomic E-state index is 0.245. The van der Waals surface area contributed by atoms with Gasteiger partial charge in [0.2, 0.25) is 0 Å². The Morgan fingerprint density at radius 3 is 2.71 bits per heavy atom. The van der Waals surface area contributed by atoms with Gasteiger partial charge < -0.3 is 4.98 Å². The van der Waals surface area contributed by atoms with Gasteiger partial charge in [-0.25, -0.2) is 0 Å². The van der Waals surface area contributed by atoms with E-state index in [2.05, 4.69) is 20.9 Å². The van der Waals surface area contributed by atoms with E-state index in [-0.39, 0.29) is 15.4 Å². The van der Waals surface area contributed by atoms with E-state index in [1.165, 1.54) is 4.57 Å². The van der Waals surface area contributed by atoms with Crippen molar-refractivity contribution in [3.63, 3.8) is 0 Å². The summed E-state index contributed by atoms with van der Waals surface area (Å²) in [7, 11) is 0. The first-order chi connectivity index (χ1) is 9.99. The van der Waals surface area contributed by atoms with Crippen molar-refractivity contribution in [2.75, 3.05) is 0 Å². The highest BCUT2D eigenvalue weighted by molar-refractivity contribution is 9.10. The summed E-state index contributed by atoms with van der Waals surface area (Å²) < 4.78 is 2.47. The van der Waals surface area contributed by atoms with E-state index in [4.69, 9.17) is 35.4 Å². The molecule has 0 saturated carbocycles. The zero-order valence-electron chi connectivity index (χ0n) is 10.4. The smallest absolute Gasteiger partial charge is 0.266 e.